The lowest BCUT2D eigenvalue weighted by Gasteiger charge is -2.33. The zero-order chi connectivity index (χ0) is 21.4. The van der Waals surface area contributed by atoms with Crippen molar-refractivity contribution in [2.45, 2.75) is 25.8 Å². The molecule has 1 aromatic carbocycles. The molecule has 0 radical (unpaired) electrons. The van der Waals surface area contributed by atoms with E-state index in [1.54, 1.807) is 7.11 Å². The van der Waals surface area contributed by atoms with Gasteiger partial charge < -0.3 is 23.8 Å². The predicted molar refractivity (Wildman–Crippen MR) is 121 cm³/mol. The van der Waals surface area contributed by atoms with Crippen molar-refractivity contribution < 1.29 is 9.47 Å². The summed E-state index contributed by atoms with van der Waals surface area (Å²) in [4.78, 5) is 19.6. The molecule has 3 aromatic rings. The van der Waals surface area contributed by atoms with Crippen LogP contribution >= 0.6 is 0 Å². The van der Waals surface area contributed by atoms with Crippen molar-refractivity contribution in [2.75, 3.05) is 58.5 Å². The van der Waals surface area contributed by atoms with E-state index < -0.39 is 0 Å². The number of piperazine rings is 1. The summed E-state index contributed by atoms with van der Waals surface area (Å²) in [5, 5.41) is 0. The van der Waals surface area contributed by atoms with Gasteiger partial charge in [0.05, 0.1) is 7.11 Å². The summed E-state index contributed by atoms with van der Waals surface area (Å²) < 4.78 is 13.5. The molecule has 8 nitrogen and oxygen atoms in total. The van der Waals surface area contributed by atoms with Crippen molar-refractivity contribution in [3.05, 3.63) is 30.1 Å². The predicted octanol–water partition coefficient (Wildman–Crippen LogP) is 2.91. The first kappa shape index (κ1) is 20.2. The Hall–Kier alpha value is -2.71. The van der Waals surface area contributed by atoms with E-state index in [-0.39, 0.29) is 0 Å². The lowest BCUT2D eigenvalue weighted by atomic mass is 10.1. The molecule has 0 saturated carbocycles. The third-order valence-corrected chi connectivity index (χ3v) is 6.32. The molecule has 8 heteroatoms. The molecular weight excluding hydrogens is 392 g/mol. The number of benzene rings is 1. The Morgan fingerprint density at radius 3 is 2.55 bits per heavy atom. The maximum absolute atomic E-state index is 5.65. The second-order valence-electron chi connectivity index (χ2n) is 8.44. The summed E-state index contributed by atoms with van der Waals surface area (Å²) in [5.41, 5.74) is 2.84. The van der Waals surface area contributed by atoms with Gasteiger partial charge in [-0.05, 0) is 38.9 Å². The van der Waals surface area contributed by atoms with E-state index in [2.05, 4.69) is 27.5 Å². The van der Waals surface area contributed by atoms with Crippen LogP contribution in [0.3, 0.4) is 0 Å². The lowest BCUT2D eigenvalue weighted by molar-refractivity contribution is 0.0708. The smallest absolute Gasteiger partial charge is 0.166 e. The number of imidazole rings is 1. The van der Waals surface area contributed by atoms with Crippen LogP contribution in [-0.2, 0) is 4.74 Å². The molecule has 2 aliphatic heterocycles. The number of fused-ring (bicyclic) bond motifs is 1. The number of rotatable bonds is 4. The fraction of sp³-hybridized carbons (Fsp3) is 0.522. The van der Waals surface area contributed by atoms with Crippen LogP contribution in [-0.4, -0.2) is 78.0 Å². The van der Waals surface area contributed by atoms with Crippen molar-refractivity contribution in [1.29, 1.82) is 0 Å². The first-order valence-corrected chi connectivity index (χ1v) is 11.1. The highest BCUT2D eigenvalue weighted by Gasteiger charge is 2.28. The van der Waals surface area contributed by atoms with Crippen LogP contribution in [0.1, 0.15) is 24.7 Å². The minimum atomic E-state index is 0.301. The molecule has 4 heterocycles. The van der Waals surface area contributed by atoms with Gasteiger partial charge >= 0.3 is 0 Å². The number of hydrogen-bond donors (Lipinski definition) is 0. The first-order valence-electron chi connectivity index (χ1n) is 11.1. The largest absolute Gasteiger partial charge is 0.497 e. The molecule has 2 fully saturated rings. The number of nitrogens with zero attached hydrogens (tertiary/aromatic N) is 6. The molecule has 0 unspecified atom stereocenters. The highest BCUT2D eigenvalue weighted by molar-refractivity contribution is 5.87. The van der Waals surface area contributed by atoms with Gasteiger partial charge in [-0.25, -0.2) is 15.0 Å². The summed E-state index contributed by atoms with van der Waals surface area (Å²) in [6, 6.07) is 8.42. The van der Waals surface area contributed by atoms with Gasteiger partial charge in [-0.2, -0.15) is 0 Å². The summed E-state index contributed by atoms with van der Waals surface area (Å²) in [7, 11) is 3.86. The van der Waals surface area contributed by atoms with E-state index in [0.29, 0.717) is 6.04 Å². The molecule has 2 aliphatic rings. The molecule has 0 bridgehead atoms. The molecule has 0 N–H and O–H groups in total. The number of anilines is 1. The Kier molecular flexibility index (Phi) is 5.50. The lowest BCUT2D eigenvalue weighted by Crippen LogP contribution is -2.45. The maximum atomic E-state index is 5.65. The molecule has 5 rings (SSSR count). The van der Waals surface area contributed by atoms with E-state index in [9.17, 15) is 0 Å². The van der Waals surface area contributed by atoms with Crippen LogP contribution in [0.15, 0.2) is 24.3 Å². The molecule has 2 saturated heterocycles. The highest BCUT2D eigenvalue weighted by Crippen LogP contribution is 2.36. The average molecular weight is 423 g/mol. The van der Waals surface area contributed by atoms with Crippen molar-refractivity contribution in [1.82, 2.24) is 24.4 Å². The van der Waals surface area contributed by atoms with Crippen molar-refractivity contribution >= 4 is 17.0 Å². The average Bonchev–Trinajstić information content (AvgIpc) is 3.19. The monoisotopic (exact) mass is 422 g/mol. The second kappa shape index (κ2) is 8.43. The van der Waals surface area contributed by atoms with Gasteiger partial charge in [0.25, 0.3) is 0 Å². The summed E-state index contributed by atoms with van der Waals surface area (Å²) in [6.45, 7) is 7.43. The van der Waals surface area contributed by atoms with Gasteiger partial charge in [-0.3, -0.25) is 0 Å². The van der Waals surface area contributed by atoms with E-state index in [1.807, 2.05) is 25.1 Å². The first-order chi connectivity index (χ1) is 15.1. The Morgan fingerprint density at radius 1 is 1.03 bits per heavy atom. The van der Waals surface area contributed by atoms with Crippen LogP contribution < -0.4 is 9.64 Å². The number of aromatic nitrogens is 4. The number of likely N-dealkylation sites (N-methyl/N-ethyl adjacent to an activating group) is 1. The van der Waals surface area contributed by atoms with E-state index in [4.69, 9.17) is 24.4 Å². The van der Waals surface area contributed by atoms with Crippen LogP contribution in [0, 0.1) is 6.92 Å². The number of aryl methyl sites for hydroxylation is 1. The SMILES string of the molecule is COc1cccc(-c2nc3c(N4CCN(C)CC4)nc(C)nc3n2C2CCOCC2)c1. The fourth-order valence-corrected chi connectivity index (χ4v) is 4.56. The molecule has 0 atom stereocenters. The van der Waals surface area contributed by atoms with Gasteiger partial charge in [0, 0.05) is 51.0 Å². The Morgan fingerprint density at radius 2 is 1.81 bits per heavy atom. The Bertz CT molecular complexity index is 1070. The molecule has 2 aromatic heterocycles. The number of methoxy groups -OCH3 is 1. The van der Waals surface area contributed by atoms with Crippen LogP contribution in [0.4, 0.5) is 5.82 Å². The molecule has 31 heavy (non-hydrogen) atoms. The van der Waals surface area contributed by atoms with Crippen LogP contribution in [0.2, 0.25) is 0 Å². The van der Waals surface area contributed by atoms with Gasteiger partial charge in [0.2, 0.25) is 0 Å². The van der Waals surface area contributed by atoms with E-state index in [0.717, 1.165) is 92.2 Å². The topological polar surface area (TPSA) is 68.5 Å². The normalized spacial score (nSPS) is 18.6. The number of hydrogen-bond acceptors (Lipinski definition) is 7. The summed E-state index contributed by atoms with van der Waals surface area (Å²) in [6.07, 6.45) is 1.91. The molecule has 0 spiro atoms. The standard InChI is InChI=1S/C23H30N6O2/c1-16-24-22(28-11-9-27(2)10-12-28)20-23(25-16)29(18-7-13-31-14-8-18)21(26-20)17-5-4-6-19(15-17)30-3/h4-6,15,18H,7-14H2,1-3H3. The van der Waals surface area contributed by atoms with Crippen LogP contribution in [0.5, 0.6) is 5.75 Å². The third kappa shape index (κ3) is 3.85. The maximum Gasteiger partial charge on any atom is 0.166 e. The fourth-order valence-electron chi connectivity index (χ4n) is 4.56. The van der Waals surface area contributed by atoms with Crippen molar-refractivity contribution in [2.24, 2.45) is 0 Å². The zero-order valence-corrected chi connectivity index (χ0v) is 18.5. The highest BCUT2D eigenvalue weighted by atomic mass is 16.5. The molecule has 0 aliphatic carbocycles. The molecule has 0 amide bonds. The van der Waals surface area contributed by atoms with Crippen molar-refractivity contribution in [3.63, 3.8) is 0 Å². The van der Waals surface area contributed by atoms with Crippen LogP contribution in [0.25, 0.3) is 22.6 Å². The van der Waals surface area contributed by atoms with Gasteiger partial charge in [-0.15, -0.1) is 0 Å². The third-order valence-electron chi connectivity index (χ3n) is 6.32. The minimum absolute atomic E-state index is 0.301. The van der Waals surface area contributed by atoms with Gasteiger partial charge in [-0.1, -0.05) is 12.1 Å². The molecule has 164 valence electrons. The van der Waals surface area contributed by atoms with Gasteiger partial charge in [0.15, 0.2) is 17.0 Å². The zero-order valence-electron chi connectivity index (χ0n) is 18.5. The molecular formula is C23H30N6O2. The quantitative estimate of drug-likeness (QED) is 0.640. The number of ether oxygens (including phenoxy) is 2. The minimum Gasteiger partial charge on any atom is -0.497 e. The van der Waals surface area contributed by atoms with Gasteiger partial charge in [0.1, 0.15) is 17.4 Å². The Labute approximate surface area is 182 Å². The van der Waals surface area contributed by atoms with Crippen molar-refractivity contribution in [3.8, 4) is 17.1 Å². The Balaban J connectivity index is 1.70. The van der Waals surface area contributed by atoms with E-state index in [1.165, 1.54) is 0 Å². The summed E-state index contributed by atoms with van der Waals surface area (Å²) in [5.74, 6) is 3.48. The van der Waals surface area contributed by atoms with E-state index >= 15 is 0 Å². The second-order valence-corrected chi connectivity index (χ2v) is 8.44. The summed E-state index contributed by atoms with van der Waals surface area (Å²) >= 11 is 0.